The molecule has 0 aromatic rings. The molecule has 1 aliphatic carbocycles. The highest BCUT2D eigenvalue weighted by molar-refractivity contribution is 4.93. The molecule has 0 bridgehead atoms. The first-order valence-corrected chi connectivity index (χ1v) is 7.03. The molecule has 94 valence electrons. The Morgan fingerprint density at radius 3 is 2.50 bits per heavy atom. The van der Waals surface area contributed by atoms with Crippen LogP contribution in [0, 0.1) is 11.8 Å². The second-order valence-corrected chi connectivity index (χ2v) is 6.14. The van der Waals surface area contributed by atoms with Gasteiger partial charge in [-0.15, -0.1) is 0 Å². The van der Waals surface area contributed by atoms with E-state index in [1.54, 1.807) is 0 Å². The molecular formula is C14H27NO. The van der Waals surface area contributed by atoms with Crippen molar-refractivity contribution in [3.63, 3.8) is 0 Å². The molecule has 1 spiro atoms. The van der Waals surface area contributed by atoms with Gasteiger partial charge in [0.15, 0.2) is 0 Å². The van der Waals surface area contributed by atoms with Gasteiger partial charge in [-0.25, -0.2) is 0 Å². The molecule has 0 aromatic carbocycles. The van der Waals surface area contributed by atoms with E-state index in [0.717, 1.165) is 6.54 Å². The number of nitrogens with two attached hydrogens (primary N) is 1. The monoisotopic (exact) mass is 225 g/mol. The normalized spacial score (nSPS) is 30.4. The van der Waals surface area contributed by atoms with Gasteiger partial charge in [-0.2, -0.15) is 0 Å². The quantitative estimate of drug-likeness (QED) is 0.798. The molecule has 16 heavy (non-hydrogen) atoms. The zero-order valence-corrected chi connectivity index (χ0v) is 10.9. The van der Waals surface area contributed by atoms with Gasteiger partial charge in [0.1, 0.15) is 0 Å². The third-order valence-corrected chi connectivity index (χ3v) is 4.66. The van der Waals surface area contributed by atoms with E-state index in [0.29, 0.717) is 23.5 Å². The van der Waals surface area contributed by atoms with Gasteiger partial charge in [0, 0.05) is 0 Å². The van der Waals surface area contributed by atoms with Crippen LogP contribution >= 0.6 is 0 Å². The van der Waals surface area contributed by atoms with Crippen molar-refractivity contribution < 1.29 is 4.74 Å². The summed E-state index contributed by atoms with van der Waals surface area (Å²) in [6.45, 7) is 5.36. The molecule has 2 fully saturated rings. The maximum atomic E-state index is 6.34. The van der Waals surface area contributed by atoms with Crippen molar-refractivity contribution in [2.24, 2.45) is 17.6 Å². The molecule has 2 aliphatic rings. The summed E-state index contributed by atoms with van der Waals surface area (Å²) >= 11 is 0. The molecule has 2 nitrogen and oxygen atoms in total. The fourth-order valence-electron chi connectivity index (χ4n) is 3.43. The molecular weight excluding hydrogens is 198 g/mol. The maximum Gasteiger partial charge on any atom is 0.0687 e. The Bertz CT molecular complexity index is 221. The van der Waals surface area contributed by atoms with Crippen molar-refractivity contribution in [1.82, 2.24) is 0 Å². The summed E-state index contributed by atoms with van der Waals surface area (Å²) in [5.41, 5.74) is 6.13. The van der Waals surface area contributed by atoms with Crippen molar-refractivity contribution in [3.8, 4) is 0 Å². The van der Waals surface area contributed by atoms with E-state index in [1.165, 1.54) is 44.9 Å². The van der Waals surface area contributed by atoms with Crippen molar-refractivity contribution in [1.29, 1.82) is 0 Å². The van der Waals surface area contributed by atoms with E-state index in [4.69, 9.17) is 10.5 Å². The van der Waals surface area contributed by atoms with Crippen molar-refractivity contribution in [2.45, 2.75) is 70.5 Å². The molecule has 0 amide bonds. The number of ether oxygens (including phenoxy) is 1. The summed E-state index contributed by atoms with van der Waals surface area (Å²) in [7, 11) is 0. The summed E-state index contributed by atoms with van der Waals surface area (Å²) in [6, 6.07) is 0. The molecule has 2 unspecified atom stereocenters. The second-order valence-electron chi connectivity index (χ2n) is 6.14. The molecule has 1 aliphatic heterocycles. The Balaban J connectivity index is 1.84. The zero-order chi connectivity index (χ0) is 11.6. The number of hydrogen-bond acceptors (Lipinski definition) is 2. The van der Waals surface area contributed by atoms with Crippen LogP contribution in [0.3, 0.4) is 0 Å². The topological polar surface area (TPSA) is 35.2 Å². The van der Waals surface area contributed by atoms with Gasteiger partial charge in [-0.05, 0) is 50.5 Å². The van der Waals surface area contributed by atoms with Gasteiger partial charge in [-0.1, -0.05) is 26.7 Å². The van der Waals surface area contributed by atoms with Crippen molar-refractivity contribution in [3.05, 3.63) is 0 Å². The van der Waals surface area contributed by atoms with Crippen molar-refractivity contribution in [2.75, 3.05) is 6.54 Å². The van der Waals surface area contributed by atoms with Crippen LogP contribution < -0.4 is 5.73 Å². The standard InChI is InChI=1S/C14H27NO/c1-11(2)12(10-15)9-13-5-8-14(16-13)6-3-4-7-14/h11-13H,3-10,15H2,1-2H3. The number of hydrogen-bond donors (Lipinski definition) is 1. The van der Waals surface area contributed by atoms with E-state index in [-0.39, 0.29) is 0 Å². The molecule has 1 saturated carbocycles. The minimum atomic E-state index is 0.292. The third kappa shape index (κ3) is 2.60. The summed E-state index contributed by atoms with van der Waals surface area (Å²) < 4.78 is 6.34. The highest BCUT2D eigenvalue weighted by Gasteiger charge is 2.42. The first-order valence-electron chi connectivity index (χ1n) is 7.03. The Labute approximate surface area is 99.9 Å². The second kappa shape index (κ2) is 5.05. The van der Waals surface area contributed by atoms with Crippen LogP contribution in [0.25, 0.3) is 0 Å². The largest absolute Gasteiger partial charge is 0.372 e. The zero-order valence-electron chi connectivity index (χ0n) is 10.9. The predicted octanol–water partition coefficient (Wildman–Crippen LogP) is 3.10. The van der Waals surface area contributed by atoms with Crippen LogP contribution in [0.4, 0.5) is 0 Å². The molecule has 0 aromatic heterocycles. The van der Waals surface area contributed by atoms with E-state index < -0.39 is 0 Å². The van der Waals surface area contributed by atoms with E-state index in [1.807, 2.05) is 0 Å². The average Bonchev–Trinajstić information content (AvgIpc) is 2.86. The smallest absolute Gasteiger partial charge is 0.0687 e. The SMILES string of the molecule is CC(C)C(CN)CC1CCC2(CCCC2)O1. The summed E-state index contributed by atoms with van der Waals surface area (Å²) in [5.74, 6) is 1.33. The highest BCUT2D eigenvalue weighted by Crippen LogP contribution is 2.44. The van der Waals surface area contributed by atoms with Crippen LogP contribution in [0.15, 0.2) is 0 Å². The summed E-state index contributed by atoms with van der Waals surface area (Å²) in [6.07, 6.45) is 9.59. The lowest BCUT2D eigenvalue weighted by Gasteiger charge is -2.26. The Morgan fingerprint density at radius 2 is 1.94 bits per heavy atom. The highest BCUT2D eigenvalue weighted by atomic mass is 16.5. The molecule has 2 rings (SSSR count). The average molecular weight is 225 g/mol. The summed E-state index contributed by atoms with van der Waals surface area (Å²) in [5, 5.41) is 0. The molecule has 2 heteroatoms. The molecule has 2 atom stereocenters. The van der Waals surface area contributed by atoms with Crippen LogP contribution in [0.5, 0.6) is 0 Å². The molecule has 1 heterocycles. The van der Waals surface area contributed by atoms with E-state index in [2.05, 4.69) is 13.8 Å². The van der Waals surface area contributed by atoms with Gasteiger partial charge in [0.05, 0.1) is 11.7 Å². The van der Waals surface area contributed by atoms with Crippen LogP contribution in [0.2, 0.25) is 0 Å². The Morgan fingerprint density at radius 1 is 1.25 bits per heavy atom. The van der Waals surface area contributed by atoms with Gasteiger partial charge < -0.3 is 10.5 Å². The van der Waals surface area contributed by atoms with Gasteiger partial charge in [0.25, 0.3) is 0 Å². The van der Waals surface area contributed by atoms with Gasteiger partial charge in [0.2, 0.25) is 0 Å². The lowest BCUT2D eigenvalue weighted by molar-refractivity contribution is -0.0458. The fourth-order valence-corrected chi connectivity index (χ4v) is 3.43. The number of rotatable bonds is 4. The third-order valence-electron chi connectivity index (χ3n) is 4.66. The van der Waals surface area contributed by atoms with E-state index in [9.17, 15) is 0 Å². The van der Waals surface area contributed by atoms with Gasteiger partial charge in [-0.3, -0.25) is 0 Å². The van der Waals surface area contributed by atoms with Crippen LogP contribution in [-0.4, -0.2) is 18.2 Å². The minimum absolute atomic E-state index is 0.292. The Hall–Kier alpha value is -0.0800. The predicted molar refractivity (Wildman–Crippen MR) is 67.3 cm³/mol. The van der Waals surface area contributed by atoms with Crippen molar-refractivity contribution >= 4 is 0 Å². The maximum absolute atomic E-state index is 6.34. The molecule has 0 radical (unpaired) electrons. The summed E-state index contributed by atoms with van der Waals surface area (Å²) in [4.78, 5) is 0. The van der Waals surface area contributed by atoms with Crippen LogP contribution in [-0.2, 0) is 4.74 Å². The molecule has 2 N–H and O–H groups in total. The lowest BCUT2D eigenvalue weighted by Crippen LogP contribution is -2.28. The first-order chi connectivity index (χ1) is 7.65. The fraction of sp³-hybridized carbons (Fsp3) is 1.00. The van der Waals surface area contributed by atoms with E-state index >= 15 is 0 Å². The minimum Gasteiger partial charge on any atom is -0.372 e. The van der Waals surface area contributed by atoms with Gasteiger partial charge >= 0.3 is 0 Å². The lowest BCUT2D eigenvalue weighted by atomic mass is 9.89. The Kier molecular flexibility index (Phi) is 3.91. The molecule has 1 saturated heterocycles. The van der Waals surface area contributed by atoms with Crippen LogP contribution in [0.1, 0.15) is 58.8 Å². The first kappa shape index (κ1) is 12.4.